The number of nitrogens with zero attached hydrogens (tertiary/aromatic N) is 1. The summed E-state index contributed by atoms with van der Waals surface area (Å²) in [6, 6.07) is 14.5. The van der Waals surface area contributed by atoms with Gasteiger partial charge in [0.25, 0.3) is 0 Å². The molecule has 2 aromatic carbocycles. The number of anilines is 1. The van der Waals surface area contributed by atoms with Gasteiger partial charge < -0.3 is 25.3 Å². The van der Waals surface area contributed by atoms with Crippen LogP contribution in [0.3, 0.4) is 0 Å². The average Bonchev–Trinajstić information content (AvgIpc) is 3.21. The molecule has 0 saturated carbocycles. The van der Waals surface area contributed by atoms with E-state index >= 15 is 0 Å². The van der Waals surface area contributed by atoms with Crippen molar-refractivity contribution >= 4 is 35.6 Å². The first-order chi connectivity index (χ1) is 14.1. The highest BCUT2D eigenvalue weighted by atomic mass is 127. The minimum Gasteiger partial charge on any atom is -0.454 e. The summed E-state index contributed by atoms with van der Waals surface area (Å²) in [4.78, 5) is 4.72. The van der Waals surface area contributed by atoms with Crippen LogP contribution >= 0.6 is 24.0 Å². The van der Waals surface area contributed by atoms with Crippen LogP contribution in [0.4, 0.5) is 5.69 Å². The van der Waals surface area contributed by atoms with Gasteiger partial charge in [-0.1, -0.05) is 32.0 Å². The lowest BCUT2D eigenvalue weighted by Crippen LogP contribution is -2.38. The molecule has 0 atom stereocenters. The van der Waals surface area contributed by atoms with Crippen molar-refractivity contribution in [3.05, 3.63) is 53.6 Å². The lowest BCUT2D eigenvalue weighted by molar-refractivity contribution is 0.0531. The number of rotatable bonds is 5. The number of hydrogen-bond acceptors (Lipinski definition) is 4. The van der Waals surface area contributed by atoms with Crippen LogP contribution in [0.25, 0.3) is 0 Å². The standard InChI is InChI=1S/C23H29N3O3.HI/c1-16(2)17-4-3-5-19(12-17)26-22(24)25-14-23(8-10-27-11-9-23)18-6-7-20-21(13-18)29-15-28-20;/h3-7,12-13,16H,8-11,14-15H2,1-2H3,(H3,24,25,26);1H. The number of benzene rings is 2. The van der Waals surface area contributed by atoms with Gasteiger partial charge in [0, 0.05) is 24.3 Å². The molecule has 30 heavy (non-hydrogen) atoms. The van der Waals surface area contributed by atoms with Gasteiger partial charge in [0.05, 0.1) is 6.54 Å². The van der Waals surface area contributed by atoms with Gasteiger partial charge in [-0.2, -0.15) is 0 Å². The molecule has 2 aliphatic rings. The van der Waals surface area contributed by atoms with Crippen LogP contribution in [0.1, 0.15) is 43.7 Å². The van der Waals surface area contributed by atoms with Crippen molar-refractivity contribution in [3.8, 4) is 11.5 Å². The highest BCUT2D eigenvalue weighted by molar-refractivity contribution is 14.0. The van der Waals surface area contributed by atoms with Crippen LogP contribution in [0.5, 0.6) is 11.5 Å². The number of hydrogen-bond donors (Lipinski definition) is 2. The zero-order valence-corrected chi connectivity index (χ0v) is 19.8. The van der Waals surface area contributed by atoms with E-state index in [0.29, 0.717) is 31.6 Å². The summed E-state index contributed by atoms with van der Waals surface area (Å²) in [5.74, 6) is 2.49. The molecule has 0 aliphatic carbocycles. The molecule has 162 valence electrons. The largest absolute Gasteiger partial charge is 0.454 e. The maximum Gasteiger partial charge on any atom is 0.231 e. The minimum absolute atomic E-state index is 0. The van der Waals surface area contributed by atoms with Crippen LogP contribution in [-0.2, 0) is 10.2 Å². The second-order valence-electron chi connectivity index (χ2n) is 8.07. The van der Waals surface area contributed by atoms with Crippen molar-refractivity contribution in [2.45, 2.75) is 38.0 Å². The van der Waals surface area contributed by atoms with Gasteiger partial charge in [-0.05, 0) is 54.2 Å². The lowest BCUT2D eigenvalue weighted by Gasteiger charge is -2.36. The molecular formula is C23H30IN3O3. The maximum atomic E-state index is 6.24. The van der Waals surface area contributed by atoms with Crippen molar-refractivity contribution in [1.29, 1.82) is 0 Å². The molecule has 6 nitrogen and oxygen atoms in total. The Hall–Kier alpha value is -2.00. The van der Waals surface area contributed by atoms with Crippen molar-refractivity contribution in [2.75, 3.05) is 31.9 Å². The number of nitrogens with two attached hydrogens (primary N) is 1. The highest BCUT2D eigenvalue weighted by Crippen LogP contribution is 2.41. The first-order valence-corrected chi connectivity index (χ1v) is 10.2. The van der Waals surface area contributed by atoms with Gasteiger partial charge in [-0.3, -0.25) is 4.99 Å². The van der Waals surface area contributed by atoms with Crippen LogP contribution in [0.2, 0.25) is 0 Å². The molecule has 0 radical (unpaired) electrons. The van der Waals surface area contributed by atoms with E-state index < -0.39 is 0 Å². The molecule has 0 amide bonds. The van der Waals surface area contributed by atoms with E-state index in [4.69, 9.17) is 24.9 Å². The predicted octanol–water partition coefficient (Wildman–Crippen LogP) is 4.63. The van der Waals surface area contributed by atoms with E-state index in [0.717, 1.165) is 30.0 Å². The maximum absolute atomic E-state index is 6.24. The van der Waals surface area contributed by atoms with Crippen molar-refractivity contribution < 1.29 is 14.2 Å². The Kier molecular flexibility index (Phi) is 7.46. The van der Waals surface area contributed by atoms with Gasteiger partial charge in [0.2, 0.25) is 6.79 Å². The highest BCUT2D eigenvalue weighted by Gasteiger charge is 2.35. The van der Waals surface area contributed by atoms with Crippen LogP contribution in [0, 0.1) is 0 Å². The fraction of sp³-hybridized carbons (Fsp3) is 0.435. The third-order valence-electron chi connectivity index (χ3n) is 5.81. The topological polar surface area (TPSA) is 78.1 Å². The molecule has 4 rings (SSSR count). The molecule has 2 heterocycles. The first kappa shape index (κ1) is 22.7. The Balaban J connectivity index is 0.00000256. The smallest absolute Gasteiger partial charge is 0.231 e. The summed E-state index contributed by atoms with van der Waals surface area (Å²) in [6.45, 7) is 6.66. The third kappa shape index (κ3) is 5.00. The van der Waals surface area contributed by atoms with Crippen LogP contribution < -0.4 is 20.5 Å². The zero-order chi connectivity index (χ0) is 20.3. The second kappa shape index (κ2) is 9.87. The molecule has 3 N–H and O–H groups in total. The molecule has 1 fully saturated rings. The molecular weight excluding hydrogens is 493 g/mol. The van der Waals surface area contributed by atoms with Crippen molar-refractivity contribution in [2.24, 2.45) is 10.7 Å². The predicted molar refractivity (Wildman–Crippen MR) is 130 cm³/mol. The van der Waals surface area contributed by atoms with E-state index in [1.165, 1.54) is 11.1 Å². The fourth-order valence-electron chi connectivity index (χ4n) is 3.93. The monoisotopic (exact) mass is 523 g/mol. The summed E-state index contributed by atoms with van der Waals surface area (Å²) >= 11 is 0. The summed E-state index contributed by atoms with van der Waals surface area (Å²) in [6.07, 6.45) is 1.79. The number of guanidine groups is 1. The molecule has 0 unspecified atom stereocenters. The van der Waals surface area contributed by atoms with Crippen molar-refractivity contribution in [3.63, 3.8) is 0 Å². The summed E-state index contributed by atoms with van der Waals surface area (Å²) in [5, 5.41) is 3.24. The van der Waals surface area contributed by atoms with E-state index in [1.807, 2.05) is 18.2 Å². The van der Waals surface area contributed by atoms with E-state index in [2.05, 4.69) is 43.4 Å². The Morgan fingerprint density at radius 3 is 2.63 bits per heavy atom. The Morgan fingerprint density at radius 1 is 1.10 bits per heavy atom. The summed E-state index contributed by atoms with van der Waals surface area (Å²) < 4.78 is 16.7. The van der Waals surface area contributed by atoms with Gasteiger partial charge in [-0.15, -0.1) is 24.0 Å². The quantitative estimate of drug-likeness (QED) is 0.340. The normalized spacial score (nSPS) is 17.5. The van der Waals surface area contributed by atoms with Gasteiger partial charge in [-0.25, -0.2) is 0 Å². The Bertz CT molecular complexity index is 895. The van der Waals surface area contributed by atoms with Crippen molar-refractivity contribution in [1.82, 2.24) is 0 Å². The minimum atomic E-state index is -0.120. The molecule has 1 saturated heterocycles. The molecule has 0 aromatic heterocycles. The van der Waals surface area contributed by atoms with E-state index in [-0.39, 0.29) is 36.2 Å². The Labute approximate surface area is 195 Å². The number of nitrogens with one attached hydrogen (secondary N) is 1. The Morgan fingerprint density at radius 2 is 1.87 bits per heavy atom. The molecule has 0 spiro atoms. The SMILES string of the molecule is CC(C)c1cccc(NC(N)=NCC2(c3ccc4c(c3)OCO4)CCOCC2)c1.I. The first-order valence-electron chi connectivity index (χ1n) is 10.2. The molecule has 0 bridgehead atoms. The third-order valence-corrected chi connectivity index (χ3v) is 5.81. The molecule has 7 heteroatoms. The number of halogens is 1. The second-order valence-corrected chi connectivity index (χ2v) is 8.07. The molecule has 2 aromatic rings. The van der Waals surface area contributed by atoms with Gasteiger partial charge >= 0.3 is 0 Å². The lowest BCUT2D eigenvalue weighted by atomic mass is 9.74. The van der Waals surface area contributed by atoms with E-state index in [9.17, 15) is 0 Å². The van der Waals surface area contributed by atoms with Gasteiger partial charge in [0.15, 0.2) is 17.5 Å². The van der Waals surface area contributed by atoms with Crippen LogP contribution in [-0.4, -0.2) is 32.5 Å². The summed E-state index contributed by atoms with van der Waals surface area (Å²) in [7, 11) is 0. The van der Waals surface area contributed by atoms with Gasteiger partial charge in [0.1, 0.15) is 0 Å². The van der Waals surface area contributed by atoms with Crippen LogP contribution in [0.15, 0.2) is 47.5 Å². The number of fused-ring (bicyclic) bond motifs is 1. The average molecular weight is 523 g/mol. The molecule has 2 aliphatic heterocycles. The van der Waals surface area contributed by atoms with E-state index in [1.54, 1.807) is 0 Å². The fourth-order valence-corrected chi connectivity index (χ4v) is 3.93. The summed E-state index contributed by atoms with van der Waals surface area (Å²) in [5.41, 5.74) is 9.54. The number of ether oxygens (including phenoxy) is 3. The zero-order valence-electron chi connectivity index (χ0n) is 17.5. The number of aliphatic imine (C=N–C) groups is 1.